The minimum absolute atomic E-state index is 0.0392. The zero-order chi connectivity index (χ0) is 34.5. The molecule has 1 aromatic heterocycles. The summed E-state index contributed by atoms with van der Waals surface area (Å²) >= 11 is 0. The van der Waals surface area contributed by atoms with Crippen LogP contribution in [-0.2, 0) is 11.2 Å². The Kier molecular flexibility index (Phi) is 10.1. The van der Waals surface area contributed by atoms with Gasteiger partial charge in [-0.25, -0.2) is 4.79 Å². The number of carbonyl (C=O) groups is 1. The van der Waals surface area contributed by atoms with Crippen molar-refractivity contribution in [3.63, 3.8) is 0 Å². The molecule has 0 saturated carbocycles. The highest BCUT2D eigenvalue weighted by atomic mass is 16.6. The van der Waals surface area contributed by atoms with Crippen molar-refractivity contribution in [3.05, 3.63) is 136 Å². The number of aromatic hydroxyl groups is 1. The fourth-order valence-corrected chi connectivity index (χ4v) is 7.14. The molecular formula is C40H42N4O6. The molecule has 8 rings (SSSR count). The first kappa shape index (κ1) is 33.3. The number of H-pyrrole nitrogens is 1. The highest BCUT2D eigenvalue weighted by molar-refractivity contribution is 5.87. The molecule has 4 aromatic carbocycles. The fourth-order valence-electron chi connectivity index (χ4n) is 7.14. The van der Waals surface area contributed by atoms with Crippen molar-refractivity contribution in [2.45, 2.75) is 37.5 Å². The van der Waals surface area contributed by atoms with Gasteiger partial charge in [0.15, 0.2) is 0 Å². The maximum Gasteiger partial charge on any atom is 0.408 e. The van der Waals surface area contributed by atoms with Crippen molar-refractivity contribution >= 4 is 17.0 Å². The molecule has 5 N–H and O–H groups in total. The first-order valence-corrected chi connectivity index (χ1v) is 17.2. The lowest BCUT2D eigenvalue weighted by molar-refractivity contribution is -0.0336. The minimum Gasteiger partial charge on any atom is -0.506 e. The summed E-state index contributed by atoms with van der Waals surface area (Å²) < 4.78 is 12.3. The number of ether oxygens (including phenoxy) is 2. The van der Waals surface area contributed by atoms with Crippen molar-refractivity contribution < 1.29 is 24.5 Å². The lowest BCUT2D eigenvalue weighted by Crippen LogP contribution is -2.52. The number of pyridine rings is 1. The van der Waals surface area contributed by atoms with Crippen LogP contribution in [0.3, 0.4) is 0 Å². The summed E-state index contributed by atoms with van der Waals surface area (Å²) in [4.78, 5) is 30.4. The van der Waals surface area contributed by atoms with Gasteiger partial charge in [0.25, 0.3) is 0 Å². The second-order valence-corrected chi connectivity index (χ2v) is 13.2. The highest BCUT2D eigenvalue weighted by Gasteiger charge is 2.37. The molecule has 0 spiro atoms. The van der Waals surface area contributed by atoms with Crippen LogP contribution in [0.2, 0.25) is 0 Å². The number of rotatable bonds is 12. The maximum atomic E-state index is 13.2. The predicted octanol–water partition coefficient (Wildman–Crippen LogP) is 5.80. The number of aliphatic hydroxyl groups is 1. The standard InChI is InChI=1S/C40H42N4O6/c45-34-14-6-13-32-33(23-37(47)42-39(32)34)35(46)24-41-18-15-26-7-4-11-30(21-26)49-31-12-5-10-29(22-31)38(28-8-2-1-3-9-28)43-40(48)50-36-25-44-19-16-27(36)17-20-44/h1-14,21-23,27,35-36,38,41,45-46H,15-20,24-25H2,(H,42,47)(H,43,48)/t35-,36-,38?/m0/s1. The first-order chi connectivity index (χ1) is 24.4. The largest absolute Gasteiger partial charge is 0.506 e. The van der Waals surface area contributed by atoms with Crippen LogP contribution in [-0.4, -0.2) is 65.0 Å². The van der Waals surface area contributed by atoms with Gasteiger partial charge in [0, 0.05) is 24.5 Å². The third-order valence-corrected chi connectivity index (χ3v) is 9.75. The lowest BCUT2D eigenvalue weighted by atomic mass is 9.86. The topological polar surface area (TPSA) is 136 Å². The van der Waals surface area contributed by atoms with Gasteiger partial charge in [-0.1, -0.05) is 66.7 Å². The Hall–Kier alpha value is -5.16. The maximum absolute atomic E-state index is 13.2. The van der Waals surface area contributed by atoms with Gasteiger partial charge in [-0.3, -0.25) is 9.69 Å². The lowest BCUT2D eigenvalue weighted by Gasteiger charge is -2.43. The Morgan fingerprint density at radius 3 is 2.42 bits per heavy atom. The van der Waals surface area contributed by atoms with E-state index < -0.39 is 18.2 Å². The number of nitrogens with one attached hydrogen (secondary N) is 3. The van der Waals surface area contributed by atoms with Gasteiger partial charge in [-0.2, -0.15) is 0 Å². The molecule has 3 atom stereocenters. The summed E-state index contributed by atoms with van der Waals surface area (Å²) in [5, 5.41) is 28.0. The predicted molar refractivity (Wildman–Crippen MR) is 192 cm³/mol. The van der Waals surface area contributed by atoms with E-state index in [0.717, 1.165) is 49.2 Å². The molecule has 3 fully saturated rings. The van der Waals surface area contributed by atoms with E-state index in [1.54, 1.807) is 12.1 Å². The highest BCUT2D eigenvalue weighted by Crippen LogP contribution is 2.32. The van der Waals surface area contributed by atoms with Crippen molar-refractivity contribution in [1.29, 1.82) is 0 Å². The number of aromatic amines is 1. The van der Waals surface area contributed by atoms with E-state index in [1.165, 1.54) is 12.1 Å². The van der Waals surface area contributed by atoms with Crippen LogP contribution < -0.4 is 20.9 Å². The number of benzene rings is 4. The second-order valence-electron chi connectivity index (χ2n) is 13.2. The molecule has 5 aromatic rings. The smallest absolute Gasteiger partial charge is 0.408 e. The molecule has 258 valence electrons. The normalized spacial score (nSPS) is 19.5. The molecule has 2 bridgehead atoms. The number of phenolic OH excluding ortho intramolecular Hbond substituents is 1. The number of fused-ring (bicyclic) bond motifs is 4. The number of alkyl carbamates (subject to hydrolysis) is 1. The Morgan fingerprint density at radius 1 is 0.900 bits per heavy atom. The Labute approximate surface area is 290 Å². The van der Waals surface area contributed by atoms with E-state index >= 15 is 0 Å². The Bertz CT molecular complexity index is 1990. The number of carbonyl (C=O) groups excluding carboxylic acids is 1. The van der Waals surface area contributed by atoms with Gasteiger partial charge in [0.05, 0.1) is 17.7 Å². The van der Waals surface area contributed by atoms with Crippen LogP contribution in [0.1, 0.15) is 47.2 Å². The van der Waals surface area contributed by atoms with E-state index in [-0.39, 0.29) is 24.0 Å². The number of nitrogens with zero attached hydrogens (tertiary/aromatic N) is 1. The van der Waals surface area contributed by atoms with Gasteiger partial charge < -0.3 is 35.3 Å². The molecule has 10 heteroatoms. The molecule has 3 saturated heterocycles. The van der Waals surface area contributed by atoms with Gasteiger partial charge in [0.1, 0.15) is 23.4 Å². The van der Waals surface area contributed by atoms with Crippen LogP contribution in [0.15, 0.2) is 108 Å². The Balaban J connectivity index is 0.976. The molecule has 10 nitrogen and oxygen atoms in total. The van der Waals surface area contributed by atoms with Gasteiger partial charge in [-0.15, -0.1) is 0 Å². The molecule has 3 aliphatic rings. The quantitative estimate of drug-likeness (QED) is 0.105. The number of phenols is 1. The minimum atomic E-state index is -0.931. The van der Waals surface area contributed by atoms with Crippen molar-refractivity contribution in [2.24, 2.45) is 5.92 Å². The fraction of sp³-hybridized carbons (Fsp3) is 0.300. The van der Waals surface area contributed by atoms with Gasteiger partial charge in [0.2, 0.25) is 5.56 Å². The molecule has 1 unspecified atom stereocenters. The summed E-state index contributed by atoms with van der Waals surface area (Å²) in [6, 6.07) is 31.3. The van der Waals surface area contributed by atoms with Gasteiger partial charge >= 0.3 is 6.09 Å². The Morgan fingerprint density at radius 2 is 1.64 bits per heavy atom. The number of aromatic nitrogens is 1. The zero-order valence-corrected chi connectivity index (χ0v) is 27.8. The molecule has 1 amide bonds. The summed E-state index contributed by atoms with van der Waals surface area (Å²) in [7, 11) is 0. The number of aliphatic hydroxyl groups excluding tert-OH is 1. The second kappa shape index (κ2) is 15.2. The van der Waals surface area contributed by atoms with Crippen LogP contribution >= 0.6 is 0 Å². The number of piperidine rings is 3. The van der Waals surface area contributed by atoms with E-state index in [4.69, 9.17) is 9.47 Å². The van der Waals surface area contributed by atoms with Crippen LogP contribution in [0.4, 0.5) is 4.79 Å². The number of hydrogen-bond donors (Lipinski definition) is 5. The van der Waals surface area contributed by atoms with E-state index in [2.05, 4.69) is 20.5 Å². The average molecular weight is 675 g/mol. The first-order valence-electron chi connectivity index (χ1n) is 17.2. The van der Waals surface area contributed by atoms with Crippen molar-refractivity contribution in [1.82, 2.24) is 20.5 Å². The SMILES string of the molecule is O=C(NC(c1ccccc1)c1cccc(Oc2cccc(CCNC[C@H](O)c3cc(=O)[nH]c4c(O)cccc34)c2)c1)O[C@H]1CN2CCC1CC2. The molecule has 0 aliphatic carbocycles. The molecule has 50 heavy (non-hydrogen) atoms. The van der Waals surface area contributed by atoms with Gasteiger partial charge in [-0.05, 0) is 97.4 Å². The zero-order valence-electron chi connectivity index (χ0n) is 27.8. The van der Waals surface area contributed by atoms with E-state index in [1.807, 2.05) is 78.9 Å². The number of para-hydroxylation sites is 1. The number of hydrogen-bond acceptors (Lipinski definition) is 8. The van der Waals surface area contributed by atoms with E-state index in [9.17, 15) is 19.8 Å². The van der Waals surface area contributed by atoms with Crippen molar-refractivity contribution in [3.8, 4) is 17.2 Å². The third-order valence-electron chi connectivity index (χ3n) is 9.75. The van der Waals surface area contributed by atoms with Crippen LogP contribution in [0, 0.1) is 5.92 Å². The van der Waals surface area contributed by atoms with Crippen LogP contribution in [0.25, 0.3) is 10.9 Å². The molecular weight excluding hydrogens is 632 g/mol. The summed E-state index contributed by atoms with van der Waals surface area (Å²) in [5.41, 5.74) is 3.25. The molecule has 0 radical (unpaired) electrons. The van der Waals surface area contributed by atoms with Crippen molar-refractivity contribution in [2.75, 3.05) is 32.7 Å². The van der Waals surface area contributed by atoms with Crippen LogP contribution in [0.5, 0.6) is 17.2 Å². The summed E-state index contributed by atoms with van der Waals surface area (Å²) in [6.45, 7) is 3.79. The van der Waals surface area contributed by atoms with E-state index in [0.29, 0.717) is 46.8 Å². The average Bonchev–Trinajstić information content (AvgIpc) is 3.13. The molecule has 4 heterocycles. The summed E-state index contributed by atoms with van der Waals surface area (Å²) in [6.07, 6.45) is 1.40. The molecule has 3 aliphatic heterocycles. The summed E-state index contributed by atoms with van der Waals surface area (Å²) in [5.74, 6) is 1.71. The number of amides is 1. The third kappa shape index (κ3) is 7.83. The monoisotopic (exact) mass is 674 g/mol.